The number of halogens is 6. The molecule has 41 heavy (non-hydrogen) atoms. The summed E-state index contributed by atoms with van der Waals surface area (Å²) in [5, 5.41) is 2.52. The first kappa shape index (κ1) is 29.8. The first-order valence-corrected chi connectivity index (χ1v) is 16.4. The standard InChI is InChI=1S/C32H29F6NP2/c1-2-9-30(39-41-28(20-10-5-3-6-11-20)14-15-29(41)21-12-7-4-8-13-21)40(31-24(35)16-22(33)17-25(31)36)32-26(37)18-23(34)19-27(32)38/h3-8,10-13,16-19,28-30,39H,2,9,14-15H2,1H3/t28-,29-,30?/m0/s1. The minimum atomic E-state index is -2.45. The lowest BCUT2D eigenvalue weighted by atomic mass is 10.0. The first-order chi connectivity index (χ1) is 19.8. The second-order valence-corrected chi connectivity index (χ2v) is 14.7. The SMILES string of the molecule is CCCC(NP1[C@H](c2ccccc2)CC[C@H]1c1ccccc1)P(c1c(F)cc(F)cc1F)c1c(F)cc(F)cc1F. The molecule has 0 radical (unpaired) electrons. The highest BCUT2D eigenvalue weighted by Crippen LogP contribution is 2.69. The van der Waals surface area contributed by atoms with Gasteiger partial charge < -0.3 is 0 Å². The van der Waals surface area contributed by atoms with Crippen molar-refractivity contribution in [3.05, 3.63) is 131 Å². The second-order valence-electron chi connectivity index (χ2n) is 10.1. The summed E-state index contributed by atoms with van der Waals surface area (Å²) in [4.78, 5) is 0. The number of rotatable bonds is 9. The fourth-order valence-corrected chi connectivity index (χ4v) is 12.2. The smallest absolute Gasteiger partial charge is 0.137 e. The van der Waals surface area contributed by atoms with Gasteiger partial charge in [0, 0.05) is 41.4 Å². The van der Waals surface area contributed by atoms with E-state index in [2.05, 4.69) is 5.09 Å². The minimum Gasteiger partial charge on any atom is -0.287 e. The molecule has 0 amide bonds. The minimum absolute atomic E-state index is 0.0819. The van der Waals surface area contributed by atoms with Gasteiger partial charge in [0.05, 0.1) is 10.6 Å². The summed E-state index contributed by atoms with van der Waals surface area (Å²) in [5.41, 5.74) is 2.39. The number of hydrogen-bond donors (Lipinski definition) is 1. The molecule has 4 aromatic rings. The summed E-state index contributed by atoms with van der Waals surface area (Å²) in [7, 11) is -3.56. The zero-order valence-corrected chi connectivity index (χ0v) is 24.1. The van der Waals surface area contributed by atoms with E-state index >= 15 is 17.6 Å². The molecule has 1 fully saturated rings. The van der Waals surface area contributed by atoms with Crippen LogP contribution in [0.15, 0.2) is 84.9 Å². The van der Waals surface area contributed by atoms with Gasteiger partial charge in [0.1, 0.15) is 34.9 Å². The third-order valence-corrected chi connectivity index (χ3v) is 13.5. The van der Waals surface area contributed by atoms with Gasteiger partial charge in [-0.15, -0.1) is 0 Å². The van der Waals surface area contributed by atoms with Crippen LogP contribution in [0.5, 0.6) is 0 Å². The monoisotopic (exact) mass is 603 g/mol. The quantitative estimate of drug-likeness (QED) is 0.149. The molecule has 1 nitrogen and oxygen atoms in total. The predicted molar refractivity (Wildman–Crippen MR) is 155 cm³/mol. The molecular formula is C32H29F6NP2. The molecule has 214 valence electrons. The molecule has 1 saturated heterocycles. The van der Waals surface area contributed by atoms with Gasteiger partial charge in [0.15, 0.2) is 0 Å². The van der Waals surface area contributed by atoms with Crippen LogP contribution in [0, 0.1) is 34.9 Å². The molecule has 0 bridgehead atoms. The van der Waals surface area contributed by atoms with E-state index in [1.807, 2.05) is 67.6 Å². The highest BCUT2D eigenvalue weighted by atomic mass is 31.1. The lowest BCUT2D eigenvalue weighted by Crippen LogP contribution is -2.36. The zero-order valence-electron chi connectivity index (χ0n) is 22.3. The lowest BCUT2D eigenvalue weighted by Gasteiger charge is -2.36. The maximum Gasteiger partial charge on any atom is 0.137 e. The van der Waals surface area contributed by atoms with Gasteiger partial charge >= 0.3 is 0 Å². The maximum absolute atomic E-state index is 15.4. The largest absolute Gasteiger partial charge is 0.287 e. The van der Waals surface area contributed by atoms with Crippen LogP contribution in [0.2, 0.25) is 0 Å². The van der Waals surface area contributed by atoms with E-state index in [1.165, 1.54) is 0 Å². The third kappa shape index (κ3) is 6.38. The molecule has 3 atom stereocenters. The van der Waals surface area contributed by atoms with Crippen LogP contribution in [0.4, 0.5) is 26.3 Å². The van der Waals surface area contributed by atoms with Gasteiger partial charge in [-0.05, 0) is 46.4 Å². The van der Waals surface area contributed by atoms with Crippen molar-refractivity contribution in [2.24, 2.45) is 0 Å². The highest BCUT2D eigenvalue weighted by Gasteiger charge is 2.42. The van der Waals surface area contributed by atoms with Crippen LogP contribution in [-0.2, 0) is 0 Å². The van der Waals surface area contributed by atoms with Crippen LogP contribution in [0.1, 0.15) is 55.1 Å². The maximum atomic E-state index is 15.4. The summed E-state index contributed by atoms with van der Waals surface area (Å²) in [6, 6.07) is 22.0. The van der Waals surface area contributed by atoms with E-state index in [1.54, 1.807) is 0 Å². The molecule has 0 aliphatic carbocycles. The van der Waals surface area contributed by atoms with Crippen molar-refractivity contribution < 1.29 is 26.3 Å². The van der Waals surface area contributed by atoms with E-state index in [0.717, 1.165) is 24.0 Å². The van der Waals surface area contributed by atoms with Crippen molar-refractivity contribution in [1.82, 2.24) is 5.09 Å². The molecule has 1 heterocycles. The Morgan fingerprint density at radius 3 is 1.44 bits per heavy atom. The summed E-state index contributed by atoms with van der Waals surface area (Å²) in [6.45, 7) is 1.88. The van der Waals surface area contributed by atoms with Crippen molar-refractivity contribution in [2.45, 2.75) is 49.7 Å². The first-order valence-electron chi connectivity index (χ1n) is 13.5. The molecule has 4 aromatic carbocycles. The normalized spacial score (nSPS) is 18.2. The molecule has 1 aliphatic rings. The molecular weight excluding hydrogens is 574 g/mol. The molecule has 1 unspecified atom stereocenters. The van der Waals surface area contributed by atoms with Crippen LogP contribution in [0.3, 0.4) is 0 Å². The lowest BCUT2D eigenvalue weighted by molar-refractivity contribution is 0.551. The van der Waals surface area contributed by atoms with E-state index in [9.17, 15) is 8.78 Å². The van der Waals surface area contributed by atoms with Crippen LogP contribution < -0.4 is 15.7 Å². The summed E-state index contributed by atoms with van der Waals surface area (Å²) in [6.07, 6.45) is 2.59. The van der Waals surface area contributed by atoms with Crippen molar-refractivity contribution in [2.75, 3.05) is 0 Å². The van der Waals surface area contributed by atoms with Crippen molar-refractivity contribution >= 4 is 26.6 Å². The predicted octanol–water partition coefficient (Wildman–Crippen LogP) is 9.34. The molecule has 5 rings (SSSR count). The Bertz CT molecular complexity index is 1340. The van der Waals surface area contributed by atoms with Crippen LogP contribution >= 0.6 is 16.0 Å². The average molecular weight is 604 g/mol. The molecule has 0 aromatic heterocycles. The van der Waals surface area contributed by atoms with Crippen molar-refractivity contribution in [3.63, 3.8) is 0 Å². The fraction of sp³-hybridized carbons (Fsp3) is 0.250. The Labute approximate surface area is 238 Å². The third-order valence-electron chi connectivity index (χ3n) is 7.37. The van der Waals surface area contributed by atoms with Gasteiger partial charge in [-0.3, -0.25) is 5.09 Å². The van der Waals surface area contributed by atoms with Crippen LogP contribution in [0.25, 0.3) is 0 Å². The Balaban J connectivity index is 1.66. The van der Waals surface area contributed by atoms with Crippen molar-refractivity contribution in [3.8, 4) is 0 Å². The molecule has 0 spiro atoms. The Morgan fingerprint density at radius 2 is 1.07 bits per heavy atom. The Kier molecular flexibility index (Phi) is 9.49. The second kappa shape index (κ2) is 13.1. The molecule has 9 heteroatoms. The van der Waals surface area contributed by atoms with E-state index in [4.69, 9.17) is 0 Å². The topological polar surface area (TPSA) is 12.0 Å². The molecule has 1 aliphatic heterocycles. The van der Waals surface area contributed by atoms with Crippen LogP contribution in [-0.4, -0.2) is 5.78 Å². The number of nitrogens with one attached hydrogen (secondary N) is 1. The molecule has 1 N–H and O–H groups in total. The van der Waals surface area contributed by atoms with Crippen molar-refractivity contribution in [1.29, 1.82) is 0 Å². The molecule has 0 saturated carbocycles. The van der Waals surface area contributed by atoms with Gasteiger partial charge in [0.2, 0.25) is 0 Å². The number of benzene rings is 4. The Morgan fingerprint density at radius 1 is 0.683 bits per heavy atom. The summed E-state index contributed by atoms with van der Waals surface area (Å²) >= 11 is 0. The summed E-state index contributed by atoms with van der Waals surface area (Å²) < 4.78 is 89.4. The summed E-state index contributed by atoms with van der Waals surface area (Å²) in [5.74, 6) is -7.94. The Hall–Kier alpha value is -2.72. The highest BCUT2D eigenvalue weighted by molar-refractivity contribution is 7.74. The zero-order chi connectivity index (χ0) is 29.1. The van der Waals surface area contributed by atoms with Gasteiger partial charge in [-0.2, -0.15) is 0 Å². The van der Waals surface area contributed by atoms with E-state index in [0.29, 0.717) is 37.1 Å². The van der Waals surface area contributed by atoms with Gasteiger partial charge in [-0.25, -0.2) is 26.3 Å². The fourth-order valence-electron chi connectivity index (χ4n) is 5.65. The van der Waals surface area contributed by atoms with Gasteiger partial charge in [0.25, 0.3) is 0 Å². The number of hydrogen-bond acceptors (Lipinski definition) is 1. The van der Waals surface area contributed by atoms with E-state index < -0.39 is 67.3 Å². The van der Waals surface area contributed by atoms with Gasteiger partial charge in [-0.1, -0.05) is 74.0 Å². The average Bonchev–Trinajstić information content (AvgIpc) is 3.35. The van der Waals surface area contributed by atoms with E-state index in [-0.39, 0.29) is 11.3 Å².